The van der Waals surface area contributed by atoms with Gasteiger partial charge in [0.05, 0.1) is 17.6 Å². The fourth-order valence-corrected chi connectivity index (χ4v) is 3.38. The van der Waals surface area contributed by atoms with Gasteiger partial charge in [0.25, 0.3) is 0 Å². The maximum atomic E-state index is 13.0. The van der Waals surface area contributed by atoms with Crippen molar-refractivity contribution in [2.45, 2.75) is 26.7 Å². The van der Waals surface area contributed by atoms with E-state index in [0.717, 1.165) is 11.3 Å². The first kappa shape index (κ1) is 18.1. The molecule has 0 saturated heterocycles. The monoisotopic (exact) mass is 368 g/mol. The molecular formula is C21H20O4S. The van der Waals surface area contributed by atoms with Gasteiger partial charge < -0.3 is 9.15 Å². The molecule has 0 aliphatic rings. The highest BCUT2D eigenvalue weighted by Gasteiger charge is 2.15. The quantitative estimate of drug-likeness (QED) is 0.564. The number of thiophene rings is 1. The van der Waals surface area contributed by atoms with Gasteiger partial charge in [-0.3, -0.25) is 4.79 Å². The summed E-state index contributed by atoms with van der Waals surface area (Å²) < 4.78 is 11.0. The topological polar surface area (TPSA) is 56.5 Å². The molecule has 0 unspecified atom stereocenters. The zero-order valence-corrected chi connectivity index (χ0v) is 15.6. The molecule has 4 nitrogen and oxygen atoms in total. The van der Waals surface area contributed by atoms with Crippen molar-refractivity contribution in [1.29, 1.82) is 0 Å². The molecule has 0 saturated carbocycles. The summed E-state index contributed by atoms with van der Waals surface area (Å²) in [4.78, 5) is 26.0. The van der Waals surface area contributed by atoms with Gasteiger partial charge in [-0.15, -0.1) is 11.3 Å². The number of rotatable bonds is 6. The molecule has 0 fully saturated rings. The van der Waals surface area contributed by atoms with E-state index >= 15 is 0 Å². The van der Waals surface area contributed by atoms with Gasteiger partial charge in [0.15, 0.2) is 5.43 Å². The van der Waals surface area contributed by atoms with Crippen LogP contribution in [0.15, 0.2) is 44.9 Å². The fourth-order valence-electron chi connectivity index (χ4n) is 2.76. The van der Waals surface area contributed by atoms with Gasteiger partial charge in [-0.2, -0.15) is 0 Å². The van der Waals surface area contributed by atoms with Crippen LogP contribution in [0.25, 0.3) is 23.1 Å². The zero-order valence-electron chi connectivity index (χ0n) is 14.8. The van der Waals surface area contributed by atoms with E-state index < -0.39 is 5.97 Å². The molecule has 0 atom stereocenters. The van der Waals surface area contributed by atoms with Gasteiger partial charge in [0.1, 0.15) is 11.3 Å². The molecule has 26 heavy (non-hydrogen) atoms. The number of esters is 1. The molecule has 0 radical (unpaired) electrons. The largest absolute Gasteiger partial charge is 0.462 e. The molecule has 1 aromatic carbocycles. The van der Waals surface area contributed by atoms with E-state index in [2.05, 4.69) is 0 Å². The Bertz CT molecular complexity index is 997. The lowest BCUT2D eigenvalue weighted by molar-refractivity contribution is 0.0526. The Balaban J connectivity index is 2.11. The first-order valence-electron chi connectivity index (χ1n) is 8.62. The third-order valence-corrected chi connectivity index (χ3v) is 4.81. The van der Waals surface area contributed by atoms with Crippen molar-refractivity contribution in [3.05, 3.63) is 67.7 Å². The summed E-state index contributed by atoms with van der Waals surface area (Å²) >= 11 is 1.62. The number of benzene rings is 1. The van der Waals surface area contributed by atoms with E-state index in [4.69, 9.17) is 9.15 Å². The highest BCUT2D eigenvalue weighted by molar-refractivity contribution is 7.10. The average Bonchev–Trinajstić information content (AvgIpc) is 3.16. The standard InChI is InChI=1S/C21H20O4S/c1-3-6-16-18(11-9-15-7-5-12-26-15)25-19-10-8-14(21(23)24-4-2)13-17(19)20(16)22/h5,7-13H,3-4,6H2,1-2H3. The van der Waals surface area contributed by atoms with Crippen LogP contribution in [-0.4, -0.2) is 12.6 Å². The molecule has 0 amide bonds. The molecule has 3 rings (SSSR count). The summed E-state index contributed by atoms with van der Waals surface area (Å²) in [6.45, 7) is 4.06. The van der Waals surface area contributed by atoms with E-state index in [1.807, 2.05) is 36.6 Å². The Hall–Kier alpha value is -2.66. The third kappa shape index (κ3) is 3.78. The minimum Gasteiger partial charge on any atom is -0.462 e. The van der Waals surface area contributed by atoms with Crippen LogP contribution in [0.5, 0.6) is 0 Å². The van der Waals surface area contributed by atoms with E-state index in [0.29, 0.717) is 40.9 Å². The van der Waals surface area contributed by atoms with Crippen molar-refractivity contribution in [3.63, 3.8) is 0 Å². The fraction of sp³-hybridized carbons (Fsp3) is 0.238. The van der Waals surface area contributed by atoms with Crippen molar-refractivity contribution >= 4 is 40.4 Å². The molecule has 2 aromatic heterocycles. The molecule has 0 spiro atoms. The average molecular weight is 368 g/mol. The first-order chi connectivity index (χ1) is 12.6. The smallest absolute Gasteiger partial charge is 0.338 e. The lowest BCUT2D eigenvalue weighted by Crippen LogP contribution is -2.12. The number of fused-ring (bicyclic) bond motifs is 1. The van der Waals surface area contributed by atoms with Crippen molar-refractivity contribution in [1.82, 2.24) is 0 Å². The number of hydrogen-bond donors (Lipinski definition) is 0. The van der Waals surface area contributed by atoms with Gasteiger partial charge in [0.2, 0.25) is 0 Å². The van der Waals surface area contributed by atoms with Crippen LogP contribution in [0.1, 0.15) is 46.8 Å². The SMILES string of the molecule is CCCc1c(C=Cc2cccs2)oc2ccc(C(=O)OCC)cc2c1=O. The van der Waals surface area contributed by atoms with Crippen molar-refractivity contribution in [2.75, 3.05) is 6.61 Å². The van der Waals surface area contributed by atoms with Crippen LogP contribution >= 0.6 is 11.3 Å². The van der Waals surface area contributed by atoms with Crippen LogP contribution < -0.4 is 5.43 Å². The second-order valence-corrected chi connectivity index (χ2v) is 6.78. The van der Waals surface area contributed by atoms with Gasteiger partial charge in [-0.05, 0) is 55.1 Å². The molecule has 0 N–H and O–H groups in total. The maximum absolute atomic E-state index is 13.0. The van der Waals surface area contributed by atoms with Crippen LogP contribution in [-0.2, 0) is 11.2 Å². The Morgan fingerprint density at radius 3 is 2.77 bits per heavy atom. The summed E-state index contributed by atoms with van der Waals surface area (Å²) in [5.74, 6) is 0.133. The minimum atomic E-state index is -0.437. The third-order valence-electron chi connectivity index (χ3n) is 3.97. The number of carbonyl (C=O) groups is 1. The zero-order chi connectivity index (χ0) is 18.5. The molecular weight excluding hydrogens is 348 g/mol. The predicted octanol–water partition coefficient (Wildman–Crippen LogP) is 5.15. The molecule has 0 aliphatic carbocycles. The Kier molecular flexibility index (Phi) is 5.68. The summed E-state index contributed by atoms with van der Waals surface area (Å²) in [6.07, 6.45) is 5.23. The summed E-state index contributed by atoms with van der Waals surface area (Å²) in [5.41, 5.74) is 1.36. The van der Waals surface area contributed by atoms with E-state index in [9.17, 15) is 9.59 Å². The molecule has 134 valence electrons. The highest BCUT2D eigenvalue weighted by atomic mass is 32.1. The van der Waals surface area contributed by atoms with E-state index in [-0.39, 0.29) is 5.43 Å². The lowest BCUT2D eigenvalue weighted by Gasteiger charge is -2.08. The second kappa shape index (κ2) is 8.15. The molecule has 0 aliphatic heterocycles. The minimum absolute atomic E-state index is 0.0925. The first-order valence-corrected chi connectivity index (χ1v) is 9.50. The van der Waals surface area contributed by atoms with Crippen LogP contribution in [0.3, 0.4) is 0 Å². The number of ether oxygens (including phenoxy) is 1. The van der Waals surface area contributed by atoms with Crippen molar-refractivity contribution in [2.24, 2.45) is 0 Å². The van der Waals surface area contributed by atoms with E-state index in [1.165, 1.54) is 0 Å². The van der Waals surface area contributed by atoms with E-state index in [1.54, 1.807) is 36.5 Å². The summed E-state index contributed by atoms with van der Waals surface area (Å²) in [5, 5.41) is 2.41. The second-order valence-electron chi connectivity index (χ2n) is 5.80. The lowest BCUT2D eigenvalue weighted by atomic mass is 10.0. The Morgan fingerprint density at radius 1 is 1.23 bits per heavy atom. The number of hydrogen-bond acceptors (Lipinski definition) is 5. The number of carbonyl (C=O) groups excluding carboxylic acids is 1. The predicted molar refractivity (Wildman–Crippen MR) is 106 cm³/mol. The summed E-state index contributed by atoms with van der Waals surface area (Å²) in [6, 6.07) is 8.82. The van der Waals surface area contributed by atoms with Gasteiger partial charge >= 0.3 is 5.97 Å². The Morgan fingerprint density at radius 2 is 2.08 bits per heavy atom. The maximum Gasteiger partial charge on any atom is 0.338 e. The van der Waals surface area contributed by atoms with Crippen molar-refractivity contribution < 1.29 is 13.9 Å². The van der Waals surface area contributed by atoms with Crippen LogP contribution in [0, 0.1) is 0 Å². The Labute approximate surface area is 155 Å². The summed E-state index contributed by atoms with van der Waals surface area (Å²) in [7, 11) is 0. The van der Waals surface area contributed by atoms with Gasteiger partial charge in [-0.1, -0.05) is 19.4 Å². The molecule has 2 heterocycles. The molecule has 5 heteroatoms. The van der Waals surface area contributed by atoms with Gasteiger partial charge in [-0.25, -0.2) is 4.79 Å². The van der Waals surface area contributed by atoms with Gasteiger partial charge in [0, 0.05) is 10.4 Å². The van der Waals surface area contributed by atoms with Crippen LogP contribution in [0.2, 0.25) is 0 Å². The van der Waals surface area contributed by atoms with Crippen LogP contribution in [0.4, 0.5) is 0 Å². The molecule has 0 bridgehead atoms. The molecule has 3 aromatic rings. The normalized spacial score (nSPS) is 11.3. The van der Waals surface area contributed by atoms with Crippen molar-refractivity contribution in [3.8, 4) is 0 Å². The highest BCUT2D eigenvalue weighted by Crippen LogP contribution is 2.21.